The summed E-state index contributed by atoms with van der Waals surface area (Å²) in [5, 5.41) is 9.97. The predicted molar refractivity (Wildman–Crippen MR) is 120 cm³/mol. The third kappa shape index (κ3) is 3.92. The maximum atomic E-state index is 13.6. The van der Waals surface area contributed by atoms with E-state index in [4.69, 9.17) is 9.90 Å². The Morgan fingerprint density at radius 3 is 2.44 bits per heavy atom. The van der Waals surface area contributed by atoms with Gasteiger partial charge in [0.1, 0.15) is 5.69 Å². The Morgan fingerprint density at radius 1 is 1.09 bits per heavy atom. The topological polar surface area (TPSA) is 91.6 Å². The van der Waals surface area contributed by atoms with Crippen LogP contribution in [-0.4, -0.2) is 51.5 Å². The van der Waals surface area contributed by atoms with Gasteiger partial charge in [-0.2, -0.15) is 0 Å². The van der Waals surface area contributed by atoms with Crippen LogP contribution in [0.5, 0.6) is 0 Å². The molecule has 3 heterocycles. The Labute approximate surface area is 188 Å². The summed E-state index contributed by atoms with van der Waals surface area (Å²) in [7, 11) is 0. The van der Waals surface area contributed by atoms with Crippen LogP contribution in [-0.2, 0) is 16.0 Å². The fourth-order valence-electron chi connectivity index (χ4n) is 5.68. The highest BCUT2D eigenvalue weighted by Crippen LogP contribution is 2.52. The summed E-state index contributed by atoms with van der Waals surface area (Å²) in [4.78, 5) is 37.4. The van der Waals surface area contributed by atoms with Gasteiger partial charge in [-0.3, -0.25) is 14.4 Å². The van der Waals surface area contributed by atoms with Crippen molar-refractivity contribution in [3.63, 3.8) is 0 Å². The number of carbonyl (C=O) groups is 3. The van der Waals surface area contributed by atoms with Crippen LogP contribution in [0.3, 0.4) is 0 Å². The van der Waals surface area contributed by atoms with Gasteiger partial charge in [0, 0.05) is 30.9 Å². The smallest absolute Gasteiger partial charge is 0.290 e. The number of carboxylic acid groups (broad SMARTS) is 1. The fourth-order valence-corrected chi connectivity index (χ4v) is 5.68. The molecule has 2 aromatic rings. The summed E-state index contributed by atoms with van der Waals surface area (Å²) in [6, 6.07) is 14.8. The van der Waals surface area contributed by atoms with Crippen molar-refractivity contribution < 1.29 is 19.5 Å². The lowest BCUT2D eigenvalue weighted by Gasteiger charge is -2.36. The van der Waals surface area contributed by atoms with Gasteiger partial charge in [0.25, 0.3) is 12.4 Å². The normalized spacial score (nSPS) is 25.7. The quantitative estimate of drug-likeness (QED) is 0.679. The van der Waals surface area contributed by atoms with Crippen molar-refractivity contribution in [1.82, 2.24) is 14.8 Å². The molecule has 3 atom stereocenters. The number of aromatic nitrogens is 1. The third-order valence-electron chi connectivity index (χ3n) is 7.07. The molecule has 1 aromatic heterocycles. The summed E-state index contributed by atoms with van der Waals surface area (Å²) in [5.74, 6) is 0.208. The summed E-state index contributed by atoms with van der Waals surface area (Å²) >= 11 is 0. The highest BCUT2D eigenvalue weighted by Gasteiger charge is 2.61. The molecule has 170 valence electrons. The summed E-state index contributed by atoms with van der Waals surface area (Å²) in [6.07, 6.45) is 7.69. The highest BCUT2D eigenvalue weighted by molar-refractivity contribution is 5.95. The largest absolute Gasteiger partial charge is 0.483 e. The van der Waals surface area contributed by atoms with E-state index in [9.17, 15) is 9.59 Å². The number of amides is 2. The molecule has 32 heavy (non-hydrogen) atoms. The Hall–Kier alpha value is -3.09. The van der Waals surface area contributed by atoms with Crippen LogP contribution >= 0.6 is 0 Å². The first-order chi connectivity index (χ1) is 15.6. The lowest BCUT2D eigenvalue weighted by atomic mass is 9.69. The molecular formula is C25H31N3O4. The second-order valence-electron chi connectivity index (χ2n) is 8.98. The molecule has 0 unspecified atom stereocenters. The van der Waals surface area contributed by atoms with Gasteiger partial charge in [0.15, 0.2) is 0 Å². The molecule has 2 amide bonds. The van der Waals surface area contributed by atoms with Crippen LogP contribution in [0.2, 0.25) is 0 Å². The second kappa shape index (κ2) is 9.18. The molecule has 7 heteroatoms. The lowest BCUT2D eigenvalue weighted by Crippen LogP contribution is -2.51. The summed E-state index contributed by atoms with van der Waals surface area (Å²) in [5.41, 5.74) is 1.42. The van der Waals surface area contributed by atoms with E-state index in [1.165, 1.54) is 5.56 Å². The molecule has 0 radical (unpaired) electrons. The van der Waals surface area contributed by atoms with Crippen molar-refractivity contribution in [2.24, 2.45) is 5.41 Å². The molecule has 2 saturated heterocycles. The lowest BCUT2D eigenvalue weighted by molar-refractivity contribution is -0.132. The number of hydrogen-bond donors (Lipinski definition) is 2. The number of hydrogen-bond acceptors (Lipinski definition) is 3. The Balaban J connectivity index is 0.000000775. The highest BCUT2D eigenvalue weighted by atomic mass is 16.3. The number of nitrogens with zero attached hydrogens (tertiary/aromatic N) is 2. The molecule has 1 aromatic carbocycles. The zero-order chi connectivity index (χ0) is 22.7. The minimum Gasteiger partial charge on any atom is -0.483 e. The number of nitrogens with one attached hydrogen (secondary N) is 1. The second-order valence-corrected chi connectivity index (χ2v) is 8.98. The van der Waals surface area contributed by atoms with Crippen LogP contribution in [0.1, 0.15) is 61.1 Å². The van der Waals surface area contributed by atoms with Crippen molar-refractivity contribution in [3.05, 3.63) is 59.9 Å². The van der Waals surface area contributed by atoms with E-state index in [-0.39, 0.29) is 30.4 Å². The number of carbonyl (C=O) groups excluding carboxylic acids is 2. The third-order valence-corrected chi connectivity index (χ3v) is 7.07. The molecule has 0 spiro atoms. The maximum absolute atomic E-state index is 13.6. The van der Waals surface area contributed by atoms with Gasteiger partial charge in [0.2, 0.25) is 5.91 Å². The zero-order valence-electron chi connectivity index (χ0n) is 18.4. The first-order valence-electron chi connectivity index (χ1n) is 11.4. The Kier molecular flexibility index (Phi) is 6.35. The Morgan fingerprint density at radius 2 is 1.78 bits per heavy atom. The molecule has 1 saturated carbocycles. The SMILES string of the molecule is CCNC(=O)[C@]1(Cc2ccccc2)C[C@@H]2CC[C@H]1N2C(=O)c1cccn1C1CC1.O=CO. The van der Waals surface area contributed by atoms with Crippen molar-refractivity contribution in [1.29, 1.82) is 0 Å². The van der Waals surface area contributed by atoms with Gasteiger partial charge in [0.05, 0.1) is 5.41 Å². The minimum atomic E-state index is -0.535. The van der Waals surface area contributed by atoms with Gasteiger partial charge in [-0.25, -0.2) is 0 Å². The van der Waals surface area contributed by atoms with E-state index in [2.05, 4.69) is 26.9 Å². The van der Waals surface area contributed by atoms with E-state index in [1.54, 1.807) is 0 Å². The molecule has 3 aliphatic rings. The molecule has 2 bridgehead atoms. The van der Waals surface area contributed by atoms with E-state index in [0.717, 1.165) is 37.8 Å². The van der Waals surface area contributed by atoms with Crippen molar-refractivity contribution >= 4 is 18.3 Å². The van der Waals surface area contributed by atoms with Gasteiger partial charge in [-0.05, 0) is 63.1 Å². The van der Waals surface area contributed by atoms with Crippen LogP contribution in [0, 0.1) is 5.41 Å². The minimum absolute atomic E-state index is 0.0330. The fraction of sp³-hybridized carbons (Fsp3) is 0.480. The molecule has 3 fully saturated rings. The molecule has 7 nitrogen and oxygen atoms in total. The van der Waals surface area contributed by atoms with E-state index >= 15 is 0 Å². The first-order valence-corrected chi connectivity index (χ1v) is 11.4. The number of fused-ring (bicyclic) bond motifs is 2. The van der Waals surface area contributed by atoms with E-state index in [1.807, 2.05) is 43.5 Å². The molecule has 2 N–H and O–H groups in total. The summed E-state index contributed by atoms with van der Waals surface area (Å²) in [6.45, 7) is 2.33. The van der Waals surface area contributed by atoms with Crippen molar-refractivity contribution in [2.45, 2.75) is 63.6 Å². The van der Waals surface area contributed by atoms with E-state index < -0.39 is 5.41 Å². The van der Waals surface area contributed by atoms with Crippen LogP contribution < -0.4 is 5.32 Å². The average molecular weight is 438 g/mol. The van der Waals surface area contributed by atoms with Gasteiger partial charge < -0.3 is 19.9 Å². The molecular weight excluding hydrogens is 406 g/mol. The van der Waals surface area contributed by atoms with Crippen LogP contribution in [0.4, 0.5) is 0 Å². The Bertz CT molecular complexity index is 969. The predicted octanol–water partition coefficient (Wildman–Crippen LogP) is 3.27. The average Bonchev–Trinajstić information content (AvgIpc) is 3.25. The maximum Gasteiger partial charge on any atom is 0.290 e. The van der Waals surface area contributed by atoms with Crippen molar-refractivity contribution in [2.75, 3.05) is 6.54 Å². The van der Waals surface area contributed by atoms with Gasteiger partial charge >= 0.3 is 0 Å². The zero-order valence-corrected chi connectivity index (χ0v) is 18.4. The molecule has 2 aliphatic heterocycles. The van der Waals surface area contributed by atoms with Crippen LogP contribution in [0.25, 0.3) is 0 Å². The first kappa shape index (κ1) is 22.1. The monoisotopic (exact) mass is 437 g/mol. The number of benzene rings is 1. The molecule has 5 rings (SSSR count). The standard InChI is InChI=1S/C24H29N3O2.CH2O2/c1-2-25-23(29)24(15-17-7-4-3-5-8-17)16-19-12-13-21(24)27(19)22(28)20-9-6-14-26(20)18-10-11-18;2-1-3/h3-9,14,18-19,21H,2,10-13,15-16H2,1H3,(H,25,29);1H,(H,2,3)/t19-,21+,24+;/m0./s1. The summed E-state index contributed by atoms with van der Waals surface area (Å²) < 4.78 is 2.14. The van der Waals surface area contributed by atoms with Crippen LogP contribution in [0.15, 0.2) is 48.7 Å². The number of rotatable bonds is 6. The van der Waals surface area contributed by atoms with E-state index in [0.29, 0.717) is 19.0 Å². The van der Waals surface area contributed by atoms with Gasteiger partial charge in [-0.15, -0.1) is 0 Å². The van der Waals surface area contributed by atoms with Crippen molar-refractivity contribution in [3.8, 4) is 0 Å². The van der Waals surface area contributed by atoms with Gasteiger partial charge in [-0.1, -0.05) is 30.3 Å². The molecule has 1 aliphatic carbocycles.